The maximum absolute atomic E-state index is 11.1. The molecule has 5 nitrogen and oxygen atoms in total. The van der Waals surface area contributed by atoms with Crippen molar-refractivity contribution in [1.82, 2.24) is 15.8 Å². The summed E-state index contributed by atoms with van der Waals surface area (Å²) in [5, 5.41) is 4.82. The van der Waals surface area contributed by atoms with Crippen LogP contribution in [0.4, 0.5) is 0 Å². The Hall–Kier alpha value is -2.30. The fourth-order valence-electron chi connectivity index (χ4n) is 2.01. The van der Waals surface area contributed by atoms with Crippen molar-refractivity contribution in [2.45, 2.75) is 33.4 Å². The molecule has 1 heterocycles. The van der Waals surface area contributed by atoms with Gasteiger partial charge in [-0.3, -0.25) is 15.2 Å². The molecule has 0 aliphatic carbocycles. The molecule has 20 heavy (non-hydrogen) atoms. The lowest BCUT2D eigenvalue weighted by atomic mass is 10.2. The van der Waals surface area contributed by atoms with Gasteiger partial charge in [0.2, 0.25) is 5.91 Å². The SMILES string of the molecule is CC(=O)NC(C)C1=CN=C(C)N(Cc2ccccc2)N1. The lowest BCUT2D eigenvalue weighted by Gasteiger charge is -2.32. The second-order valence-electron chi connectivity index (χ2n) is 4.87. The topological polar surface area (TPSA) is 56.7 Å². The first-order valence-electron chi connectivity index (χ1n) is 6.66. The summed E-state index contributed by atoms with van der Waals surface area (Å²) in [6, 6.07) is 10.1. The number of carbonyl (C=O) groups is 1. The van der Waals surface area contributed by atoms with E-state index in [1.54, 1.807) is 6.20 Å². The zero-order chi connectivity index (χ0) is 14.5. The average Bonchev–Trinajstić information content (AvgIpc) is 2.41. The van der Waals surface area contributed by atoms with Crippen LogP contribution in [0.2, 0.25) is 0 Å². The predicted octanol–water partition coefficient (Wildman–Crippen LogP) is 1.79. The molecule has 0 spiro atoms. The van der Waals surface area contributed by atoms with Crippen molar-refractivity contribution in [2.75, 3.05) is 0 Å². The molecule has 0 saturated heterocycles. The number of rotatable bonds is 4. The van der Waals surface area contributed by atoms with Crippen LogP contribution in [0, 0.1) is 0 Å². The minimum atomic E-state index is -0.0948. The third-order valence-electron chi connectivity index (χ3n) is 3.11. The van der Waals surface area contributed by atoms with Gasteiger partial charge in [0, 0.05) is 6.92 Å². The van der Waals surface area contributed by atoms with E-state index in [1.165, 1.54) is 12.5 Å². The van der Waals surface area contributed by atoms with Gasteiger partial charge in [0.1, 0.15) is 5.84 Å². The number of hydrogen-bond donors (Lipinski definition) is 2. The van der Waals surface area contributed by atoms with Crippen LogP contribution in [0.25, 0.3) is 0 Å². The Kier molecular flexibility index (Phi) is 4.40. The Morgan fingerprint density at radius 1 is 1.40 bits per heavy atom. The first-order chi connectivity index (χ1) is 9.56. The molecular formula is C15H20N4O. The first-order valence-corrected chi connectivity index (χ1v) is 6.66. The number of hydrogen-bond acceptors (Lipinski definition) is 4. The molecule has 1 aliphatic heterocycles. The van der Waals surface area contributed by atoms with Crippen molar-refractivity contribution in [3.05, 3.63) is 47.8 Å². The molecule has 106 valence electrons. The molecule has 1 unspecified atom stereocenters. The van der Waals surface area contributed by atoms with Gasteiger partial charge in [0.15, 0.2) is 0 Å². The standard InChI is InChI=1S/C15H20N4O/c1-11(17-13(3)20)15-9-16-12(2)19(18-15)10-14-7-5-4-6-8-14/h4-9,11,18H,10H2,1-3H3,(H,17,20). The van der Waals surface area contributed by atoms with Crippen molar-refractivity contribution in [3.8, 4) is 0 Å². The molecule has 1 aromatic rings. The molecule has 1 amide bonds. The third kappa shape index (κ3) is 3.60. The molecule has 0 radical (unpaired) electrons. The van der Waals surface area contributed by atoms with Gasteiger partial charge in [-0.15, -0.1) is 0 Å². The van der Waals surface area contributed by atoms with Crippen LogP contribution in [0.3, 0.4) is 0 Å². The lowest BCUT2D eigenvalue weighted by molar-refractivity contribution is -0.119. The van der Waals surface area contributed by atoms with Gasteiger partial charge in [-0.2, -0.15) is 0 Å². The van der Waals surface area contributed by atoms with Gasteiger partial charge < -0.3 is 5.32 Å². The molecule has 5 heteroatoms. The zero-order valence-electron chi connectivity index (χ0n) is 12.1. The number of carbonyl (C=O) groups excluding carboxylic acids is 1. The molecular weight excluding hydrogens is 252 g/mol. The van der Waals surface area contributed by atoms with Crippen LogP contribution in [0.5, 0.6) is 0 Å². The number of nitrogens with one attached hydrogen (secondary N) is 2. The van der Waals surface area contributed by atoms with Crippen molar-refractivity contribution in [1.29, 1.82) is 0 Å². The highest BCUT2D eigenvalue weighted by atomic mass is 16.1. The second-order valence-corrected chi connectivity index (χ2v) is 4.87. The monoisotopic (exact) mass is 272 g/mol. The van der Waals surface area contributed by atoms with Crippen molar-refractivity contribution >= 4 is 11.7 Å². The molecule has 2 rings (SSSR count). The minimum Gasteiger partial charge on any atom is -0.348 e. The summed E-state index contributed by atoms with van der Waals surface area (Å²) in [5.74, 6) is 0.841. The molecule has 1 atom stereocenters. The van der Waals surface area contributed by atoms with Gasteiger partial charge in [-0.05, 0) is 19.4 Å². The Bertz CT molecular complexity index is 536. The number of amides is 1. The zero-order valence-corrected chi connectivity index (χ0v) is 12.1. The average molecular weight is 272 g/mol. The highest BCUT2D eigenvalue weighted by Crippen LogP contribution is 2.10. The Balaban J connectivity index is 2.05. The maximum Gasteiger partial charge on any atom is 0.217 e. The molecule has 2 N–H and O–H groups in total. The highest BCUT2D eigenvalue weighted by Gasteiger charge is 2.18. The van der Waals surface area contributed by atoms with Crippen LogP contribution in [-0.2, 0) is 11.3 Å². The number of nitrogens with zero attached hydrogens (tertiary/aromatic N) is 2. The molecule has 1 aromatic carbocycles. The van der Waals surface area contributed by atoms with E-state index < -0.39 is 0 Å². The Labute approximate surface area is 119 Å². The summed E-state index contributed by atoms with van der Waals surface area (Å²) < 4.78 is 0. The Morgan fingerprint density at radius 2 is 2.10 bits per heavy atom. The van der Waals surface area contributed by atoms with E-state index in [0.717, 1.165) is 18.1 Å². The highest BCUT2D eigenvalue weighted by molar-refractivity contribution is 5.81. The van der Waals surface area contributed by atoms with Crippen LogP contribution in [-0.4, -0.2) is 22.8 Å². The second kappa shape index (κ2) is 6.23. The van der Waals surface area contributed by atoms with Gasteiger partial charge in [-0.1, -0.05) is 30.3 Å². The van der Waals surface area contributed by atoms with Gasteiger partial charge in [0.05, 0.1) is 24.5 Å². The fraction of sp³-hybridized carbons (Fsp3) is 0.333. The van der Waals surface area contributed by atoms with E-state index in [1.807, 2.05) is 37.1 Å². The minimum absolute atomic E-state index is 0.0546. The summed E-state index contributed by atoms with van der Waals surface area (Å²) in [6.45, 7) is 6.11. The lowest BCUT2D eigenvalue weighted by Crippen LogP contribution is -2.47. The quantitative estimate of drug-likeness (QED) is 0.878. The molecule has 0 aromatic heterocycles. The van der Waals surface area contributed by atoms with E-state index in [-0.39, 0.29) is 11.9 Å². The summed E-state index contributed by atoms with van der Waals surface area (Å²) >= 11 is 0. The Morgan fingerprint density at radius 3 is 2.75 bits per heavy atom. The summed E-state index contributed by atoms with van der Waals surface area (Å²) in [4.78, 5) is 15.5. The number of hydrazine groups is 1. The van der Waals surface area contributed by atoms with E-state index in [2.05, 4.69) is 27.9 Å². The number of amidine groups is 1. The maximum atomic E-state index is 11.1. The molecule has 0 fully saturated rings. The summed E-state index contributed by atoms with van der Waals surface area (Å²) in [6.07, 6.45) is 1.76. The van der Waals surface area contributed by atoms with Crippen LogP contribution in [0.15, 0.2) is 47.2 Å². The van der Waals surface area contributed by atoms with Gasteiger partial charge in [-0.25, -0.2) is 4.99 Å². The fourth-order valence-corrected chi connectivity index (χ4v) is 2.01. The van der Waals surface area contributed by atoms with Crippen LogP contribution < -0.4 is 10.7 Å². The van der Waals surface area contributed by atoms with Crippen LogP contribution in [0.1, 0.15) is 26.3 Å². The van der Waals surface area contributed by atoms with E-state index >= 15 is 0 Å². The molecule has 0 saturated carbocycles. The molecule has 0 bridgehead atoms. The van der Waals surface area contributed by atoms with Crippen molar-refractivity contribution in [2.24, 2.45) is 4.99 Å². The van der Waals surface area contributed by atoms with Crippen molar-refractivity contribution in [3.63, 3.8) is 0 Å². The van der Waals surface area contributed by atoms with Gasteiger partial charge in [0.25, 0.3) is 0 Å². The van der Waals surface area contributed by atoms with E-state index in [0.29, 0.717) is 0 Å². The van der Waals surface area contributed by atoms with Crippen molar-refractivity contribution < 1.29 is 4.79 Å². The normalized spacial score (nSPS) is 15.8. The van der Waals surface area contributed by atoms with Crippen LogP contribution >= 0.6 is 0 Å². The summed E-state index contributed by atoms with van der Waals surface area (Å²) in [5.41, 5.74) is 5.38. The number of benzene rings is 1. The predicted molar refractivity (Wildman–Crippen MR) is 79.6 cm³/mol. The number of aliphatic imine (C=N–C) groups is 1. The first kappa shape index (κ1) is 14.1. The van der Waals surface area contributed by atoms with E-state index in [9.17, 15) is 4.79 Å². The summed E-state index contributed by atoms with van der Waals surface area (Å²) in [7, 11) is 0. The molecule has 1 aliphatic rings. The van der Waals surface area contributed by atoms with Gasteiger partial charge >= 0.3 is 0 Å². The third-order valence-corrected chi connectivity index (χ3v) is 3.11. The van der Waals surface area contributed by atoms with E-state index in [4.69, 9.17) is 0 Å². The largest absolute Gasteiger partial charge is 0.348 e. The smallest absolute Gasteiger partial charge is 0.217 e.